The van der Waals surface area contributed by atoms with Gasteiger partial charge in [0.05, 0.1) is 57.8 Å². The van der Waals surface area contributed by atoms with Gasteiger partial charge in [-0.15, -0.1) is 0 Å². The third-order valence-corrected chi connectivity index (χ3v) is 14.9. The molecule has 4 aromatic heterocycles. The van der Waals surface area contributed by atoms with Gasteiger partial charge in [0.25, 0.3) is 5.56 Å². The number of H-pyrrole nitrogens is 1. The number of amides is 1. The van der Waals surface area contributed by atoms with E-state index in [9.17, 15) is 20.0 Å². The highest BCUT2D eigenvalue weighted by Crippen LogP contribution is 2.62. The first-order chi connectivity index (χ1) is 36.3. The molecule has 3 radical (unpaired) electrons. The number of carbonyl (C=O) groups is 1. The molecule has 2 aliphatic heterocycles. The Morgan fingerprint density at radius 2 is 1.52 bits per heavy atom. The molecule has 24 heteroatoms. The number of alkyl halides is 1. The van der Waals surface area contributed by atoms with E-state index in [0.717, 1.165) is 0 Å². The summed E-state index contributed by atoms with van der Waals surface area (Å²) in [6.45, 7) is 5.77. The van der Waals surface area contributed by atoms with Gasteiger partial charge in [0, 0.05) is 11.8 Å². The molecule has 0 bridgehead atoms. The Kier molecular flexibility index (Phi) is 16.0. The van der Waals surface area contributed by atoms with Gasteiger partial charge < -0.3 is 28.8 Å². The van der Waals surface area contributed by atoms with E-state index in [2.05, 4.69) is 35.2 Å². The molecule has 0 saturated carbocycles. The number of nitrogens with one attached hydrogen (secondary N) is 2. The second-order valence-electron chi connectivity index (χ2n) is 18.2. The van der Waals surface area contributed by atoms with Crippen molar-refractivity contribution < 1.29 is 51.5 Å². The zero-order valence-corrected chi connectivity index (χ0v) is 42.9. The maximum Gasteiger partial charge on any atom is 0.280 e. The Labute approximate surface area is 432 Å². The molecule has 3 unspecified atom stereocenters. The van der Waals surface area contributed by atoms with Crippen molar-refractivity contribution in [2.24, 2.45) is 11.8 Å². The number of carbonyl (C=O) groups excluding carboxylic acids is 1. The lowest BCUT2D eigenvalue weighted by molar-refractivity contribution is -0.118. The molecule has 75 heavy (non-hydrogen) atoms. The van der Waals surface area contributed by atoms with E-state index in [0.29, 0.717) is 51.5 Å². The number of aromatic nitrogens is 8. The molecule has 0 spiro atoms. The smallest absolute Gasteiger partial charge is 0.280 e. The van der Waals surface area contributed by atoms with Gasteiger partial charge in [-0.25, -0.2) is 37.9 Å². The molecule has 21 nitrogen and oxygen atoms in total. The number of aryl methyl sites for hydroxylation is 1. The van der Waals surface area contributed by atoms with Crippen LogP contribution in [-0.4, -0.2) is 122 Å². The molecule has 3 aromatic carbocycles. The molecule has 3 N–H and O–H groups in total. The quantitative estimate of drug-likeness (QED) is 0.0297. The van der Waals surface area contributed by atoms with Crippen LogP contribution in [0.1, 0.15) is 68.5 Å². The van der Waals surface area contributed by atoms with Crippen molar-refractivity contribution in [3.05, 3.63) is 131 Å². The lowest BCUT2D eigenvalue weighted by Crippen LogP contribution is -2.44. The molecule has 2 fully saturated rings. The van der Waals surface area contributed by atoms with Crippen molar-refractivity contribution in [1.29, 1.82) is 5.26 Å². The van der Waals surface area contributed by atoms with Gasteiger partial charge >= 0.3 is 0 Å². The molecule has 1 amide bonds. The third kappa shape index (κ3) is 10.5. The topological polar surface area (TPSA) is 254 Å². The van der Waals surface area contributed by atoms with E-state index in [-0.39, 0.29) is 30.1 Å². The molecule has 2 saturated heterocycles. The van der Waals surface area contributed by atoms with Crippen LogP contribution in [0, 0.1) is 30.1 Å². The van der Waals surface area contributed by atoms with Gasteiger partial charge in [-0.2, -0.15) is 17.8 Å². The molecule has 9 atom stereocenters. The highest BCUT2D eigenvalue weighted by atomic mass is 31.2. The Bertz CT molecular complexity index is 3150. The predicted octanol–water partition coefficient (Wildman–Crippen LogP) is 6.59. The number of aliphatic hydroxyl groups is 1. The number of hydrogen-bond acceptors (Lipinski definition) is 17. The maximum atomic E-state index is 18.2. The standard InChI is InChI=1S/C51H55BFN10O11P/c1-7-37-36(24-64)42(49(71-37)63-28-58-41-45(63)59-50(61-47(41)66)60-46(65)29(2)3)74-75(52,69-23-11-22-54)70-25-38-43(39(53)48(72-38)62-27-57-40-30(4)55-26-56-44(40)62)73-51(31-12-9-8-10-13-31,32-14-18-34(67-5)19-15-32)33-16-20-35(68-6)21-17-33/h8-10,12-21,26-29,36-39,42-43,48-49,64H,7,11,23-25H2,1-6H3,(H-,59,60,61,65,66)/q-1/p+1/t36-,37?,38+,39-,42-,43-,48?,49+,75?/m0/s1. The fourth-order valence-corrected chi connectivity index (χ4v) is 10.9. The number of benzene rings is 3. The normalized spacial score (nSPS) is 22.6. The minimum Gasteiger partial charge on any atom is -0.497 e. The first kappa shape index (κ1) is 53.1. The van der Waals surface area contributed by atoms with Gasteiger partial charge in [-0.3, -0.25) is 29.0 Å². The highest BCUT2D eigenvalue weighted by molar-refractivity contribution is 7.85. The van der Waals surface area contributed by atoms with Crippen molar-refractivity contribution in [2.75, 3.05) is 39.4 Å². The average molecular weight is 1050 g/mol. The SMILES string of the molecule is [B-][P+](OCCC#N)(OC[C@H]1OC(n2cnc3c(C)ncnc32)[C@@H](F)[C@H]1OC(c1ccccc1)(c1ccc(OC)cc1)c1ccc(OC)cc1)O[C@@H]1[C@H](n2cnc3c(=O)[nH]c(NC(=O)C(C)C)nc32)OC(CC)[C@@H]1CO. The summed E-state index contributed by atoms with van der Waals surface area (Å²) in [5, 5.41) is 23.2. The zero-order chi connectivity index (χ0) is 53.0. The molecule has 7 aromatic rings. The monoisotopic (exact) mass is 1050 g/mol. The van der Waals surface area contributed by atoms with Crippen LogP contribution < -0.4 is 20.3 Å². The number of aromatic amines is 1. The van der Waals surface area contributed by atoms with Crippen molar-refractivity contribution in [1.82, 2.24) is 39.0 Å². The number of rotatable bonds is 21. The van der Waals surface area contributed by atoms with Gasteiger partial charge in [0.1, 0.15) is 62.2 Å². The summed E-state index contributed by atoms with van der Waals surface area (Å²) in [4.78, 5) is 50.6. The van der Waals surface area contributed by atoms with Crippen LogP contribution in [0.3, 0.4) is 0 Å². The van der Waals surface area contributed by atoms with Gasteiger partial charge in [0.15, 0.2) is 41.5 Å². The van der Waals surface area contributed by atoms with E-state index < -0.39 is 93.0 Å². The van der Waals surface area contributed by atoms with Crippen molar-refractivity contribution in [3.8, 4) is 17.6 Å². The lowest BCUT2D eigenvalue weighted by Gasteiger charge is -2.40. The third-order valence-electron chi connectivity index (χ3n) is 13.3. The molecular weight excluding hydrogens is 989 g/mol. The fraction of sp³-hybridized carbons (Fsp3) is 0.412. The molecule has 6 heterocycles. The number of hydrogen-bond donors (Lipinski definition) is 3. The van der Waals surface area contributed by atoms with Crippen molar-refractivity contribution >= 4 is 49.6 Å². The number of anilines is 1. The number of imidazole rings is 2. The van der Waals surface area contributed by atoms with Crippen LogP contribution in [-0.2, 0) is 38.2 Å². The summed E-state index contributed by atoms with van der Waals surface area (Å²) in [5.41, 5.74) is 0.950. The number of halogens is 1. The number of ether oxygens (including phenoxy) is 5. The molecule has 391 valence electrons. The number of nitriles is 1. The van der Waals surface area contributed by atoms with Crippen molar-refractivity contribution in [3.63, 3.8) is 0 Å². The Morgan fingerprint density at radius 1 is 0.893 bits per heavy atom. The summed E-state index contributed by atoms with van der Waals surface area (Å²) < 4.78 is 72.4. The summed E-state index contributed by atoms with van der Waals surface area (Å²) in [5.74, 6) is -0.569. The largest absolute Gasteiger partial charge is 0.497 e. The number of nitrogens with zero attached hydrogens (tertiary/aromatic N) is 8. The van der Waals surface area contributed by atoms with Crippen LogP contribution in [0.15, 0.2) is 103 Å². The Hall–Kier alpha value is -6.74. The number of aliphatic hydroxyl groups excluding tert-OH is 1. The minimum atomic E-state index is -4.20. The van der Waals surface area contributed by atoms with E-state index in [4.69, 9.17) is 44.8 Å². The molecular formula is C51H56BFN10O11P. The molecule has 9 rings (SSSR count). The van der Waals surface area contributed by atoms with Gasteiger partial charge in [0.2, 0.25) is 11.9 Å². The second kappa shape index (κ2) is 22.6. The maximum absolute atomic E-state index is 18.2. The van der Waals surface area contributed by atoms with Crippen LogP contribution in [0.25, 0.3) is 22.3 Å². The van der Waals surface area contributed by atoms with E-state index >= 15 is 4.39 Å². The second-order valence-corrected chi connectivity index (χ2v) is 20.0. The lowest BCUT2D eigenvalue weighted by atomic mass is 9.79. The average Bonchev–Trinajstić information content (AvgIpc) is 4.22. The van der Waals surface area contributed by atoms with Gasteiger partial charge in [-0.05, 0) is 54.3 Å². The van der Waals surface area contributed by atoms with Crippen molar-refractivity contribution in [2.45, 2.75) is 89.2 Å². The number of fused-ring (bicyclic) bond motifs is 2. The van der Waals surface area contributed by atoms with Crippen LogP contribution in [0.5, 0.6) is 11.5 Å². The summed E-state index contributed by atoms with van der Waals surface area (Å²) in [6, 6.07) is 25.9. The highest BCUT2D eigenvalue weighted by Gasteiger charge is 2.55. The van der Waals surface area contributed by atoms with Gasteiger partial charge in [-0.1, -0.05) is 75.4 Å². The fourth-order valence-electron chi connectivity index (χ4n) is 9.43. The van der Waals surface area contributed by atoms with Crippen LogP contribution >= 0.6 is 7.82 Å². The summed E-state index contributed by atoms with van der Waals surface area (Å²) >= 11 is 0. The minimum absolute atomic E-state index is 0.0274. The zero-order valence-electron chi connectivity index (χ0n) is 42.0. The Balaban J connectivity index is 1.13. The first-order valence-electron chi connectivity index (χ1n) is 24.3. The van der Waals surface area contributed by atoms with E-state index in [1.165, 1.54) is 28.1 Å². The summed E-state index contributed by atoms with van der Waals surface area (Å²) in [7, 11) is 6.05. The Morgan fingerprint density at radius 3 is 2.13 bits per heavy atom. The van der Waals surface area contributed by atoms with E-state index in [1.807, 2.05) is 67.6 Å². The number of methoxy groups -OCH3 is 2. The van der Waals surface area contributed by atoms with E-state index in [1.54, 1.807) is 59.3 Å². The predicted molar refractivity (Wildman–Crippen MR) is 272 cm³/mol. The summed E-state index contributed by atoms with van der Waals surface area (Å²) in [6.07, 6.45) is -4.71. The van der Waals surface area contributed by atoms with Crippen LogP contribution in [0.2, 0.25) is 0 Å². The first-order valence-corrected chi connectivity index (χ1v) is 25.9. The molecule has 0 aliphatic carbocycles. The van der Waals surface area contributed by atoms with Crippen LogP contribution in [0.4, 0.5) is 10.3 Å². The molecule has 2 aliphatic rings.